The molecule has 0 heterocycles. The van der Waals surface area contributed by atoms with Gasteiger partial charge < -0.3 is 5.32 Å². The first-order valence-electron chi connectivity index (χ1n) is 9.94. The van der Waals surface area contributed by atoms with Gasteiger partial charge in [-0.1, -0.05) is 73.1 Å². The van der Waals surface area contributed by atoms with Crippen molar-refractivity contribution >= 4 is 33.2 Å². The highest BCUT2D eigenvalue weighted by Gasteiger charge is 2.28. The number of rotatable bonds is 8. The highest BCUT2D eigenvalue weighted by molar-refractivity contribution is 7.92. The van der Waals surface area contributed by atoms with Gasteiger partial charge in [-0.3, -0.25) is 9.10 Å². The molecule has 0 fully saturated rings. The number of sulfonamides is 1. The van der Waals surface area contributed by atoms with Gasteiger partial charge in [0.1, 0.15) is 6.54 Å². The molecule has 0 aliphatic heterocycles. The molecule has 0 aliphatic rings. The Labute approximate surface area is 188 Å². The van der Waals surface area contributed by atoms with E-state index in [0.29, 0.717) is 22.8 Å². The van der Waals surface area contributed by atoms with Crippen molar-refractivity contribution in [3.8, 4) is 0 Å². The maximum Gasteiger partial charge on any atom is 0.264 e. The third kappa shape index (κ3) is 5.66. The molecule has 31 heavy (non-hydrogen) atoms. The molecule has 0 saturated heterocycles. The summed E-state index contributed by atoms with van der Waals surface area (Å²) < 4.78 is 27.9. The van der Waals surface area contributed by atoms with Gasteiger partial charge in [-0.2, -0.15) is 0 Å². The molecule has 0 radical (unpaired) electrons. The van der Waals surface area contributed by atoms with Gasteiger partial charge in [0.2, 0.25) is 5.91 Å². The Morgan fingerprint density at radius 2 is 1.61 bits per heavy atom. The van der Waals surface area contributed by atoms with Crippen LogP contribution in [0.25, 0.3) is 0 Å². The maximum absolute atomic E-state index is 13.4. The first kappa shape index (κ1) is 22.8. The Morgan fingerprint density at radius 1 is 1.00 bits per heavy atom. The molecule has 0 bridgehead atoms. The third-order valence-corrected chi connectivity index (χ3v) is 7.04. The van der Waals surface area contributed by atoms with Crippen molar-refractivity contribution < 1.29 is 13.2 Å². The largest absolute Gasteiger partial charge is 0.354 e. The lowest BCUT2D eigenvalue weighted by molar-refractivity contribution is -0.119. The topological polar surface area (TPSA) is 66.5 Å². The summed E-state index contributed by atoms with van der Waals surface area (Å²) in [6, 6.07) is 22.9. The molecular weight excluding hydrogens is 432 g/mol. The van der Waals surface area contributed by atoms with Crippen molar-refractivity contribution in [2.75, 3.05) is 17.4 Å². The van der Waals surface area contributed by atoms with E-state index in [-0.39, 0.29) is 23.3 Å². The summed E-state index contributed by atoms with van der Waals surface area (Å²) in [7, 11) is -3.97. The Hall–Kier alpha value is -2.83. The van der Waals surface area contributed by atoms with E-state index in [1.165, 1.54) is 12.1 Å². The van der Waals surface area contributed by atoms with E-state index in [1.807, 2.05) is 37.3 Å². The third-order valence-electron chi connectivity index (χ3n) is 5.03. The van der Waals surface area contributed by atoms with Crippen LogP contribution in [0.1, 0.15) is 24.0 Å². The van der Waals surface area contributed by atoms with Gasteiger partial charge in [0.15, 0.2) is 0 Å². The van der Waals surface area contributed by atoms with E-state index in [9.17, 15) is 13.2 Å². The van der Waals surface area contributed by atoms with Crippen LogP contribution in [0.2, 0.25) is 5.02 Å². The summed E-state index contributed by atoms with van der Waals surface area (Å²) in [5.74, 6) is -0.293. The standard InChI is InChI=1S/C24H25ClN2O3S/c1-18-13-14-21(25)15-23(18)27(31(29,30)22-11-7-4-8-12-22)17-24(28)26-16-19(2)20-9-5-3-6-10-20/h3-15,19H,16-17H2,1-2H3,(H,26,28)/t19-/m1/s1. The van der Waals surface area contributed by atoms with Gasteiger partial charge in [0, 0.05) is 11.6 Å². The number of nitrogens with one attached hydrogen (secondary N) is 1. The number of benzene rings is 3. The second-order valence-electron chi connectivity index (χ2n) is 7.37. The number of aryl methyl sites for hydroxylation is 1. The summed E-state index contributed by atoms with van der Waals surface area (Å²) in [5.41, 5.74) is 2.18. The lowest BCUT2D eigenvalue weighted by Crippen LogP contribution is -2.42. The van der Waals surface area contributed by atoms with E-state index >= 15 is 0 Å². The van der Waals surface area contributed by atoms with Crippen molar-refractivity contribution in [3.63, 3.8) is 0 Å². The molecule has 3 aromatic carbocycles. The molecule has 0 aliphatic carbocycles. The second kappa shape index (κ2) is 9.98. The van der Waals surface area contributed by atoms with Crippen LogP contribution in [0.3, 0.4) is 0 Å². The summed E-state index contributed by atoms with van der Waals surface area (Å²) in [6.07, 6.45) is 0. The number of hydrogen-bond acceptors (Lipinski definition) is 3. The summed E-state index contributed by atoms with van der Waals surface area (Å²) in [4.78, 5) is 12.9. The zero-order valence-electron chi connectivity index (χ0n) is 17.5. The minimum Gasteiger partial charge on any atom is -0.354 e. The van der Waals surface area contributed by atoms with Gasteiger partial charge in [-0.25, -0.2) is 8.42 Å². The van der Waals surface area contributed by atoms with E-state index in [1.54, 1.807) is 43.3 Å². The second-order valence-corrected chi connectivity index (χ2v) is 9.67. The zero-order chi connectivity index (χ0) is 22.4. The molecule has 7 heteroatoms. The SMILES string of the molecule is Cc1ccc(Cl)cc1N(CC(=O)NC[C@@H](C)c1ccccc1)S(=O)(=O)c1ccccc1. The predicted molar refractivity (Wildman–Crippen MR) is 125 cm³/mol. The lowest BCUT2D eigenvalue weighted by Gasteiger charge is -2.26. The number of carbonyl (C=O) groups excluding carboxylic acids is 1. The van der Waals surface area contributed by atoms with E-state index in [4.69, 9.17) is 11.6 Å². The minimum atomic E-state index is -3.97. The fraction of sp³-hybridized carbons (Fsp3) is 0.208. The van der Waals surface area contributed by atoms with Crippen molar-refractivity contribution in [1.82, 2.24) is 5.32 Å². The van der Waals surface area contributed by atoms with Crippen molar-refractivity contribution in [3.05, 3.63) is 95.0 Å². The number of anilines is 1. The molecule has 0 unspecified atom stereocenters. The molecule has 1 amide bonds. The Kier molecular flexibility index (Phi) is 7.36. The van der Waals surface area contributed by atoms with Crippen molar-refractivity contribution in [1.29, 1.82) is 0 Å². The van der Waals surface area contributed by atoms with Crippen LogP contribution < -0.4 is 9.62 Å². The lowest BCUT2D eigenvalue weighted by atomic mass is 10.0. The molecule has 162 valence electrons. The van der Waals surface area contributed by atoms with E-state index < -0.39 is 10.0 Å². The number of nitrogens with zero attached hydrogens (tertiary/aromatic N) is 1. The molecule has 3 rings (SSSR count). The summed E-state index contributed by atoms with van der Waals surface area (Å²) in [6.45, 7) is 3.85. The van der Waals surface area contributed by atoms with Crippen LogP contribution in [-0.4, -0.2) is 27.4 Å². The van der Waals surface area contributed by atoms with Crippen molar-refractivity contribution in [2.24, 2.45) is 0 Å². The average Bonchev–Trinajstić information content (AvgIpc) is 2.78. The predicted octanol–water partition coefficient (Wildman–Crippen LogP) is 4.76. The van der Waals surface area contributed by atoms with Crippen LogP contribution in [-0.2, 0) is 14.8 Å². The Bertz CT molecular complexity index is 1140. The molecular formula is C24H25ClN2O3S. The van der Waals surface area contributed by atoms with E-state index in [2.05, 4.69) is 5.32 Å². The first-order chi connectivity index (χ1) is 14.8. The van der Waals surface area contributed by atoms with Gasteiger partial charge in [-0.15, -0.1) is 0 Å². The van der Waals surface area contributed by atoms with E-state index in [0.717, 1.165) is 9.87 Å². The molecule has 1 atom stereocenters. The number of carbonyl (C=O) groups is 1. The van der Waals surface area contributed by atoms with Gasteiger partial charge in [-0.05, 0) is 48.2 Å². The normalized spacial score (nSPS) is 12.2. The van der Waals surface area contributed by atoms with Crippen molar-refractivity contribution in [2.45, 2.75) is 24.7 Å². The quantitative estimate of drug-likeness (QED) is 0.531. The fourth-order valence-electron chi connectivity index (χ4n) is 3.22. The highest BCUT2D eigenvalue weighted by atomic mass is 35.5. The maximum atomic E-state index is 13.4. The molecule has 0 saturated carbocycles. The average molecular weight is 457 g/mol. The van der Waals surface area contributed by atoms with Gasteiger partial charge in [0.25, 0.3) is 10.0 Å². The molecule has 3 aromatic rings. The number of hydrogen-bond donors (Lipinski definition) is 1. The summed E-state index contributed by atoms with van der Waals surface area (Å²) in [5, 5.41) is 3.26. The van der Waals surface area contributed by atoms with Gasteiger partial charge in [0.05, 0.1) is 10.6 Å². The number of halogens is 1. The first-order valence-corrected chi connectivity index (χ1v) is 11.8. The number of amides is 1. The van der Waals surface area contributed by atoms with Crippen LogP contribution in [0.5, 0.6) is 0 Å². The summed E-state index contributed by atoms with van der Waals surface area (Å²) >= 11 is 6.14. The highest BCUT2D eigenvalue weighted by Crippen LogP contribution is 2.29. The monoisotopic (exact) mass is 456 g/mol. The molecule has 5 nitrogen and oxygen atoms in total. The van der Waals surface area contributed by atoms with Crippen LogP contribution in [0, 0.1) is 6.92 Å². The molecule has 0 aromatic heterocycles. The minimum absolute atomic E-state index is 0.0947. The Morgan fingerprint density at radius 3 is 2.26 bits per heavy atom. The van der Waals surface area contributed by atoms with Crippen LogP contribution in [0.15, 0.2) is 83.8 Å². The zero-order valence-corrected chi connectivity index (χ0v) is 19.0. The Balaban J connectivity index is 1.85. The fourth-order valence-corrected chi connectivity index (χ4v) is 4.89. The van der Waals surface area contributed by atoms with Crippen LogP contribution >= 0.6 is 11.6 Å². The van der Waals surface area contributed by atoms with Gasteiger partial charge >= 0.3 is 0 Å². The smallest absolute Gasteiger partial charge is 0.264 e. The molecule has 0 spiro atoms. The molecule has 1 N–H and O–H groups in total. The van der Waals surface area contributed by atoms with Crippen LogP contribution in [0.4, 0.5) is 5.69 Å².